The van der Waals surface area contributed by atoms with E-state index in [1.54, 1.807) is 0 Å². The Bertz CT molecular complexity index is 102. The highest BCUT2D eigenvalue weighted by molar-refractivity contribution is 5.79. The third kappa shape index (κ3) is 7.53. The van der Waals surface area contributed by atoms with Gasteiger partial charge in [-0.3, -0.25) is 10.5 Å². The van der Waals surface area contributed by atoms with E-state index in [4.69, 9.17) is 5.73 Å². The first-order valence-corrected chi connectivity index (χ1v) is 4.47. The molecule has 0 unspecified atom stereocenters. The molecule has 2 nitrogen and oxygen atoms in total. The summed E-state index contributed by atoms with van der Waals surface area (Å²) in [6, 6.07) is 0. The largest absolute Gasteiger partial charge is 0.298 e. The van der Waals surface area contributed by atoms with E-state index < -0.39 is 0 Å². The van der Waals surface area contributed by atoms with Crippen molar-refractivity contribution in [1.29, 1.82) is 0 Å². The van der Waals surface area contributed by atoms with Gasteiger partial charge in [0.05, 0.1) is 6.54 Å². The number of hydrogen-bond acceptors (Lipinski definition) is 1. The molecular weight excluding hydrogens is 138 g/mol. The smallest absolute Gasteiger partial charge is 0.148 e. The second-order valence-electron chi connectivity index (χ2n) is 2.88. The highest BCUT2D eigenvalue weighted by Gasteiger charge is 1.97. The zero-order chi connectivity index (χ0) is 8.53. The molecule has 0 aromatic rings. The van der Waals surface area contributed by atoms with Crippen molar-refractivity contribution in [3.05, 3.63) is 0 Å². The van der Waals surface area contributed by atoms with Crippen molar-refractivity contribution in [2.24, 2.45) is 0 Å². The van der Waals surface area contributed by atoms with Crippen LogP contribution in [0.3, 0.4) is 0 Å². The molecule has 0 fully saturated rings. The van der Waals surface area contributed by atoms with Crippen LogP contribution in [0.15, 0.2) is 0 Å². The number of unbranched alkanes of at least 4 members (excludes halogenated alkanes) is 4. The molecule has 0 rings (SSSR count). The van der Waals surface area contributed by atoms with Crippen molar-refractivity contribution in [3.8, 4) is 0 Å². The molecule has 0 bridgehead atoms. The minimum absolute atomic E-state index is 0.0340. The van der Waals surface area contributed by atoms with Crippen molar-refractivity contribution in [2.45, 2.75) is 45.4 Å². The molecule has 0 aliphatic carbocycles. The maximum atomic E-state index is 10.7. The fraction of sp³-hybridized carbons (Fsp3) is 0.889. The molecule has 1 N–H and O–H groups in total. The highest BCUT2D eigenvalue weighted by atomic mass is 16.1. The van der Waals surface area contributed by atoms with Crippen molar-refractivity contribution in [2.75, 3.05) is 6.54 Å². The molecule has 2 heteroatoms. The minimum atomic E-state index is -0.0340. The van der Waals surface area contributed by atoms with Crippen molar-refractivity contribution in [1.82, 2.24) is 5.73 Å². The van der Waals surface area contributed by atoms with Crippen LogP contribution in [0.1, 0.15) is 45.4 Å². The zero-order valence-corrected chi connectivity index (χ0v) is 7.36. The fourth-order valence-electron chi connectivity index (χ4n) is 1.01. The second kappa shape index (κ2) is 7.73. The average Bonchev–Trinajstić information content (AvgIpc) is 2.04. The maximum absolute atomic E-state index is 10.7. The third-order valence-electron chi connectivity index (χ3n) is 1.76. The van der Waals surface area contributed by atoms with E-state index in [-0.39, 0.29) is 12.3 Å². The van der Waals surface area contributed by atoms with Gasteiger partial charge in [0.2, 0.25) is 0 Å². The Morgan fingerprint density at radius 2 is 1.82 bits per heavy atom. The van der Waals surface area contributed by atoms with Crippen LogP contribution in [0, 0.1) is 0 Å². The number of nitrogens with one attached hydrogen (secondary N) is 1. The molecule has 0 aliphatic heterocycles. The molecule has 11 heavy (non-hydrogen) atoms. The lowest BCUT2D eigenvalue weighted by molar-refractivity contribution is -0.117. The Kier molecular flexibility index (Phi) is 7.47. The van der Waals surface area contributed by atoms with Crippen LogP contribution in [0.4, 0.5) is 0 Å². The van der Waals surface area contributed by atoms with Gasteiger partial charge in [-0.25, -0.2) is 0 Å². The van der Waals surface area contributed by atoms with Crippen LogP contribution >= 0.6 is 0 Å². The van der Waals surface area contributed by atoms with E-state index in [1.807, 2.05) is 0 Å². The normalized spacial score (nSPS) is 10.0. The lowest BCUT2D eigenvalue weighted by Gasteiger charge is -1.97. The predicted octanol–water partition coefficient (Wildman–Crippen LogP) is 2.20. The standard InChI is InChI=1S/C9H18NO/c1-2-3-4-5-6-7-9(11)8-10/h10H,2-8H2,1H3. The summed E-state index contributed by atoms with van der Waals surface area (Å²) in [5.41, 5.74) is 6.78. The number of Topliss-reactive ketones (excluding diaryl/α,β-unsaturated/α-hetero) is 1. The van der Waals surface area contributed by atoms with E-state index in [1.165, 1.54) is 19.3 Å². The molecule has 0 aliphatic rings. The van der Waals surface area contributed by atoms with E-state index >= 15 is 0 Å². The van der Waals surface area contributed by atoms with Crippen LogP contribution in [-0.4, -0.2) is 12.3 Å². The molecule has 0 heterocycles. The zero-order valence-electron chi connectivity index (χ0n) is 7.36. The number of carbonyl (C=O) groups excluding carboxylic acids is 1. The summed E-state index contributed by atoms with van der Waals surface area (Å²) in [7, 11) is 0. The number of carbonyl (C=O) groups is 1. The maximum Gasteiger partial charge on any atom is 0.148 e. The van der Waals surface area contributed by atoms with E-state index in [9.17, 15) is 4.79 Å². The first kappa shape index (κ1) is 10.6. The summed E-state index contributed by atoms with van der Waals surface area (Å²) in [5.74, 6) is 0.0847. The Morgan fingerprint density at radius 3 is 2.36 bits per heavy atom. The lowest BCUT2D eigenvalue weighted by Crippen LogP contribution is -2.04. The van der Waals surface area contributed by atoms with Gasteiger partial charge in [0.25, 0.3) is 0 Å². The molecule has 1 radical (unpaired) electrons. The molecule has 0 saturated carbocycles. The Labute approximate surface area is 69.2 Å². The quantitative estimate of drug-likeness (QED) is 0.521. The summed E-state index contributed by atoms with van der Waals surface area (Å²) in [5, 5.41) is 0. The molecule has 0 saturated heterocycles. The number of rotatable bonds is 7. The molecule has 0 aromatic carbocycles. The van der Waals surface area contributed by atoms with Crippen LogP contribution in [0.25, 0.3) is 0 Å². The van der Waals surface area contributed by atoms with Gasteiger partial charge in [0.1, 0.15) is 5.78 Å². The lowest BCUT2D eigenvalue weighted by atomic mass is 10.1. The molecule has 0 amide bonds. The van der Waals surface area contributed by atoms with Gasteiger partial charge in [-0.2, -0.15) is 0 Å². The number of ketones is 1. The van der Waals surface area contributed by atoms with Gasteiger partial charge in [-0.1, -0.05) is 32.6 Å². The van der Waals surface area contributed by atoms with Crippen molar-refractivity contribution in [3.63, 3.8) is 0 Å². The van der Waals surface area contributed by atoms with E-state index in [0.717, 1.165) is 12.8 Å². The monoisotopic (exact) mass is 156 g/mol. The third-order valence-corrected chi connectivity index (χ3v) is 1.76. The number of hydrogen-bond donors (Lipinski definition) is 0. The molecular formula is C9H18NO. The Hall–Kier alpha value is -0.370. The van der Waals surface area contributed by atoms with Gasteiger partial charge in [0.15, 0.2) is 0 Å². The fourth-order valence-corrected chi connectivity index (χ4v) is 1.01. The second-order valence-corrected chi connectivity index (χ2v) is 2.88. The highest BCUT2D eigenvalue weighted by Crippen LogP contribution is 2.04. The van der Waals surface area contributed by atoms with Gasteiger partial charge < -0.3 is 0 Å². The van der Waals surface area contributed by atoms with Crippen LogP contribution in [0.2, 0.25) is 0 Å². The van der Waals surface area contributed by atoms with Crippen molar-refractivity contribution >= 4 is 5.78 Å². The summed E-state index contributed by atoms with van der Waals surface area (Å²) in [4.78, 5) is 10.7. The SMILES string of the molecule is CCCCCCCC(=O)C[NH]. The van der Waals surface area contributed by atoms with Gasteiger partial charge in [-0.15, -0.1) is 0 Å². The summed E-state index contributed by atoms with van der Waals surface area (Å²) < 4.78 is 0. The summed E-state index contributed by atoms with van der Waals surface area (Å²) >= 11 is 0. The Balaban J connectivity index is 2.95. The Morgan fingerprint density at radius 1 is 1.18 bits per heavy atom. The van der Waals surface area contributed by atoms with Crippen molar-refractivity contribution < 1.29 is 4.79 Å². The van der Waals surface area contributed by atoms with Crippen LogP contribution in [0.5, 0.6) is 0 Å². The average molecular weight is 156 g/mol. The van der Waals surface area contributed by atoms with E-state index in [2.05, 4.69) is 6.92 Å². The molecule has 0 atom stereocenters. The van der Waals surface area contributed by atoms with E-state index in [0.29, 0.717) is 6.42 Å². The summed E-state index contributed by atoms with van der Waals surface area (Å²) in [6.07, 6.45) is 6.51. The minimum Gasteiger partial charge on any atom is -0.298 e. The first-order chi connectivity index (χ1) is 5.31. The molecule has 0 aromatic heterocycles. The predicted molar refractivity (Wildman–Crippen MR) is 46.3 cm³/mol. The van der Waals surface area contributed by atoms with Gasteiger partial charge >= 0.3 is 0 Å². The first-order valence-electron chi connectivity index (χ1n) is 4.47. The summed E-state index contributed by atoms with van der Waals surface area (Å²) in [6.45, 7) is 2.14. The molecule has 65 valence electrons. The van der Waals surface area contributed by atoms with Crippen LogP contribution in [-0.2, 0) is 4.79 Å². The molecule has 0 spiro atoms. The van der Waals surface area contributed by atoms with Crippen LogP contribution < -0.4 is 5.73 Å². The van der Waals surface area contributed by atoms with Gasteiger partial charge in [-0.05, 0) is 6.42 Å². The van der Waals surface area contributed by atoms with Gasteiger partial charge in [0, 0.05) is 6.42 Å². The topological polar surface area (TPSA) is 40.9 Å².